The van der Waals surface area contributed by atoms with Crippen molar-refractivity contribution in [3.63, 3.8) is 0 Å². The Kier molecular flexibility index (Phi) is 1.91. The maximum atomic E-state index is 8.23. The number of nitrogens with zero attached hydrogens (tertiary/aromatic N) is 2. The molecular formula is C6H11N3. The van der Waals surface area contributed by atoms with Crippen molar-refractivity contribution in [3.05, 3.63) is 0 Å². The molecule has 1 aliphatic rings. The first kappa shape index (κ1) is 6.37. The van der Waals surface area contributed by atoms with Crippen molar-refractivity contribution in [3.8, 4) is 6.19 Å². The van der Waals surface area contributed by atoms with Gasteiger partial charge in [-0.3, -0.25) is 0 Å². The van der Waals surface area contributed by atoms with Crippen LogP contribution >= 0.6 is 0 Å². The Morgan fingerprint density at radius 1 is 1.78 bits per heavy atom. The highest BCUT2D eigenvalue weighted by atomic mass is 15.2. The maximum absolute atomic E-state index is 8.23. The SMILES string of the molecule is CN1CCC(NC#N)C1. The number of likely N-dealkylation sites (tertiary alicyclic amines) is 1. The van der Waals surface area contributed by atoms with Crippen molar-refractivity contribution in [1.29, 1.82) is 5.26 Å². The van der Waals surface area contributed by atoms with Crippen LogP contribution < -0.4 is 5.32 Å². The molecular weight excluding hydrogens is 114 g/mol. The third-order valence-corrected chi connectivity index (χ3v) is 1.66. The van der Waals surface area contributed by atoms with Gasteiger partial charge in [-0.25, -0.2) is 0 Å². The number of hydrogen-bond acceptors (Lipinski definition) is 3. The summed E-state index contributed by atoms with van der Waals surface area (Å²) in [4.78, 5) is 2.22. The molecule has 9 heavy (non-hydrogen) atoms. The van der Waals surface area contributed by atoms with E-state index in [-0.39, 0.29) is 0 Å². The van der Waals surface area contributed by atoms with Crippen LogP contribution in [0.1, 0.15) is 6.42 Å². The Hall–Kier alpha value is -0.750. The minimum Gasteiger partial charge on any atom is -0.319 e. The fraction of sp³-hybridized carbons (Fsp3) is 0.833. The maximum Gasteiger partial charge on any atom is 0.176 e. The molecule has 0 spiro atoms. The lowest BCUT2D eigenvalue weighted by atomic mass is 10.3. The summed E-state index contributed by atoms with van der Waals surface area (Å²) >= 11 is 0. The summed E-state index contributed by atoms with van der Waals surface area (Å²) in [7, 11) is 2.07. The fourth-order valence-electron chi connectivity index (χ4n) is 1.14. The topological polar surface area (TPSA) is 39.1 Å². The van der Waals surface area contributed by atoms with Gasteiger partial charge >= 0.3 is 0 Å². The number of rotatable bonds is 1. The van der Waals surface area contributed by atoms with E-state index in [1.165, 1.54) is 0 Å². The first-order valence-corrected chi connectivity index (χ1v) is 3.16. The molecule has 0 amide bonds. The van der Waals surface area contributed by atoms with E-state index < -0.39 is 0 Å². The van der Waals surface area contributed by atoms with Crippen molar-refractivity contribution < 1.29 is 0 Å². The van der Waals surface area contributed by atoms with Gasteiger partial charge < -0.3 is 10.2 Å². The molecule has 0 saturated carbocycles. The quantitative estimate of drug-likeness (QED) is 0.388. The first-order chi connectivity index (χ1) is 4.33. The van der Waals surface area contributed by atoms with E-state index in [0.29, 0.717) is 6.04 Å². The number of nitriles is 1. The van der Waals surface area contributed by atoms with Crippen molar-refractivity contribution in [2.45, 2.75) is 12.5 Å². The van der Waals surface area contributed by atoms with Crippen LogP contribution in [0.3, 0.4) is 0 Å². The third kappa shape index (κ3) is 1.58. The van der Waals surface area contributed by atoms with E-state index in [2.05, 4.69) is 17.3 Å². The van der Waals surface area contributed by atoms with Crippen molar-refractivity contribution >= 4 is 0 Å². The van der Waals surface area contributed by atoms with Crippen LogP contribution in [0.5, 0.6) is 0 Å². The highest BCUT2D eigenvalue weighted by Crippen LogP contribution is 2.04. The summed E-state index contributed by atoms with van der Waals surface area (Å²) in [6, 6.07) is 0.403. The summed E-state index contributed by atoms with van der Waals surface area (Å²) in [5, 5.41) is 11.0. The standard InChI is InChI=1S/C6H11N3/c1-9-3-2-6(4-9)8-5-7/h6,8H,2-4H2,1H3. The van der Waals surface area contributed by atoms with Gasteiger partial charge in [-0.2, -0.15) is 5.26 Å². The van der Waals surface area contributed by atoms with Crippen LogP contribution in [-0.4, -0.2) is 31.1 Å². The molecule has 3 nitrogen and oxygen atoms in total. The van der Waals surface area contributed by atoms with Crippen molar-refractivity contribution in [2.24, 2.45) is 0 Å². The second kappa shape index (κ2) is 2.70. The zero-order valence-electron chi connectivity index (χ0n) is 5.59. The van der Waals surface area contributed by atoms with Gasteiger partial charge in [0.05, 0.1) is 0 Å². The monoisotopic (exact) mass is 125 g/mol. The van der Waals surface area contributed by atoms with E-state index in [9.17, 15) is 0 Å². The minimum atomic E-state index is 0.403. The van der Waals surface area contributed by atoms with E-state index in [1.807, 2.05) is 6.19 Å². The Morgan fingerprint density at radius 3 is 3.00 bits per heavy atom. The normalized spacial score (nSPS) is 27.8. The van der Waals surface area contributed by atoms with Crippen LogP contribution in [0, 0.1) is 11.5 Å². The molecule has 1 rings (SSSR count). The second-order valence-corrected chi connectivity index (χ2v) is 2.50. The van der Waals surface area contributed by atoms with Crippen molar-refractivity contribution in [1.82, 2.24) is 10.2 Å². The minimum absolute atomic E-state index is 0.403. The third-order valence-electron chi connectivity index (χ3n) is 1.66. The van der Waals surface area contributed by atoms with Gasteiger partial charge in [0.1, 0.15) is 0 Å². The van der Waals surface area contributed by atoms with Crippen LogP contribution in [0.2, 0.25) is 0 Å². The molecule has 0 aromatic rings. The van der Waals surface area contributed by atoms with Crippen LogP contribution in [0.15, 0.2) is 0 Å². The Balaban J connectivity index is 2.24. The summed E-state index contributed by atoms with van der Waals surface area (Å²) in [5.74, 6) is 0. The second-order valence-electron chi connectivity index (χ2n) is 2.50. The Labute approximate surface area is 55.3 Å². The number of likely N-dealkylation sites (N-methyl/N-ethyl adjacent to an activating group) is 1. The van der Waals surface area contributed by atoms with E-state index in [1.54, 1.807) is 0 Å². The average molecular weight is 125 g/mol. The molecule has 1 atom stereocenters. The molecule has 50 valence electrons. The molecule has 1 N–H and O–H groups in total. The molecule has 0 radical (unpaired) electrons. The summed E-state index contributed by atoms with van der Waals surface area (Å²) in [5.41, 5.74) is 0. The fourth-order valence-corrected chi connectivity index (χ4v) is 1.14. The van der Waals surface area contributed by atoms with Gasteiger partial charge in [0.25, 0.3) is 0 Å². The largest absolute Gasteiger partial charge is 0.319 e. The van der Waals surface area contributed by atoms with E-state index >= 15 is 0 Å². The first-order valence-electron chi connectivity index (χ1n) is 3.16. The summed E-state index contributed by atoms with van der Waals surface area (Å²) in [6.07, 6.45) is 3.05. The molecule has 3 heteroatoms. The lowest BCUT2D eigenvalue weighted by Crippen LogP contribution is -2.27. The van der Waals surface area contributed by atoms with Gasteiger partial charge in [-0.1, -0.05) is 0 Å². The van der Waals surface area contributed by atoms with Crippen molar-refractivity contribution in [2.75, 3.05) is 20.1 Å². The predicted molar refractivity (Wildman–Crippen MR) is 34.7 cm³/mol. The van der Waals surface area contributed by atoms with Gasteiger partial charge in [0.15, 0.2) is 6.19 Å². The predicted octanol–water partition coefficient (Wildman–Crippen LogP) is -0.239. The summed E-state index contributed by atoms with van der Waals surface area (Å²) < 4.78 is 0. The number of nitrogens with one attached hydrogen (secondary N) is 1. The zero-order chi connectivity index (χ0) is 6.69. The van der Waals surface area contributed by atoms with E-state index in [0.717, 1.165) is 19.5 Å². The molecule has 1 unspecified atom stereocenters. The lowest BCUT2D eigenvalue weighted by molar-refractivity contribution is 0.406. The molecule has 1 saturated heterocycles. The van der Waals surface area contributed by atoms with Gasteiger partial charge in [-0.15, -0.1) is 0 Å². The van der Waals surface area contributed by atoms with Crippen LogP contribution in [0.25, 0.3) is 0 Å². The Morgan fingerprint density at radius 2 is 2.56 bits per heavy atom. The molecule has 1 heterocycles. The van der Waals surface area contributed by atoms with Gasteiger partial charge in [-0.05, 0) is 20.0 Å². The highest BCUT2D eigenvalue weighted by Gasteiger charge is 2.17. The van der Waals surface area contributed by atoms with E-state index in [4.69, 9.17) is 5.26 Å². The molecule has 0 aromatic heterocycles. The van der Waals surface area contributed by atoms with Gasteiger partial charge in [0.2, 0.25) is 0 Å². The lowest BCUT2D eigenvalue weighted by Gasteiger charge is -2.06. The zero-order valence-corrected chi connectivity index (χ0v) is 5.59. The highest BCUT2D eigenvalue weighted by molar-refractivity contribution is 4.83. The molecule has 1 aliphatic heterocycles. The molecule has 0 aromatic carbocycles. The molecule has 1 fully saturated rings. The average Bonchev–Trinajstić information content (AvgIpc) is 2.17. The summed E-state index contributed by atoms with van der Waals surface area (Å²) in [6.45, 7) is 2.12. The van der Waals surface area contributed by atoms with Gasteiger partial charge in [0, 0.05) is 12.6 Å². The van der Waals surface area contributed by atoms with Crippen LogP contribution in [0.4, 0.5) is 0 Å². The molecule has 0 bridgehead atoms. The Bertz CT molecular complexity index is 127. The smallest absolute Gasteiger partial charge is 0.176 e. The number of hydrogen-bond donors (Lipinski definition) is 1. The van der Waals surface area contributed by atoms with Crippen LogP contribution in [-0.2, 0) is 0 Å². The molecule has 0 aliphatic carbocycles.